The maximum absolute atomic E-state index is 5.61. The molecule has 0 radical (unpaired) electrons. The second-order valence-electron chi connectivity index (χ2n) is 3.95. The van der Waals surface area contributed by atoms with Gasteiger partial charge in [-0.1, -0.05) is 29.8 Å². The van der Waals surface area contributed by atoms with Crippen LogP contribution in [-0.4, -0.2) is 25.5 Å². The Morgan fingerprint density at radius 1 is 1.47 bits per heavy atom. The average molecular weight is 207 g/mol. The predicted molar refractivity (Wildman–Crippen MR) is 58.6 cm³/mol. The molecular weight excluding hydrogens is 190 g/mol. The van der Waals surface area contributed by atoms with Crippen LogP contribution in [0.2, 0.25) is 0 Å². The van der Waals surface area contributed by atoms with Gasteiger partial charge in [-0.15, -0.1) is 0 Å². The molecule has 2 N–H and O–H groups in total. The van der Waals surface area contributed by atoms with E-state index in [4.69, 9.17) is 15.2 Å². The van der Waals surface area contributed by atoms with Crippen LogP contribution in [0.1, 0.15) is 11.1 Å². The van der Waals surface area contributed by atoms with E-state index in [2.05, 4.69) is 31.2 Å². The Bertz CT molecular complexity index is 327. The second-order valence-corrected chi connectivity index (χ2v) is 3.95. The smallest absolute Gasteiger partial charge is 0.162 e. The van der Waals surface area contributed by atoms with E-state index in [1.54, 1.807) is 0 Å². The minimum absolute atomic E-state index is 0.0693. The molecule has 1 aliphatic rings. The van der Waals surface area contributed by atoms with Crippen molar-refractivity contribution in [3.05, 3.63) is 35.4 Å². The summed E-state index contributed by atoms with van der Waals surface area (Å²) in [5, 5.41) is 0. The van der Waals surface area contributed by atoms with E-state index in [1.807, 2.05) is 0 Å². The molecule has 1 fully saturated rings. The molecule has 1 aromatic carbocycles. The molecule has 0 saturated carbocycles. The summed E-state index contributed by atoms with van der Waals surface area (Å²) in [7, 11) is 0. The summed E-state index contributed by atoms with van der Waals surface area (Å²) in [6.07, 6.45) is 0.748. The van der Waals surface area contributed by atoms with Crippen molar-refractivity contribution in [3.8, 4) is 0 Å². The van der Waals surface area contributed by atoms with Crippen molar-refractivity contribution in [3.63, 3.8) is 0 Å². The Labute approximate surface area is 90.2 Å². The van der Waals surface area contributed by atoms with Gasteiger partial charge in [0.1, 0.15) is 0 Å². The van der Waals surface area contributed by atoms with Gasteiger partial charge in [-0.25, -0.2) is 0 Å². The summed E-state index contributed by atoms with van der Waals surface area (Å²) in [5.41, 5.74) is 8.02. The average Bonchev–Trinajstić information content (AvgIpc) is 2.65. The van der Waals surface area contributed by atoms with Crippen LogP contribution in [0.15, 0.2) is 24.3 Å². The molecule has 0 aromatic heterocycles. The minimum atomic E-state index is -0.125. The molecule has 0 amide bonds. The van der Waals surface area contributed by atoms with Crippen molar-refractivity contribution in [2.75, 3.05) is 13.2 Å². The summed E-state index contributed by atoms with van der Waals surface area (Å²) in [6, 6.07) is 8.39. The monoisotopic (exact) mass is 207 g/mol. The van der Waals surface area contributed by atoms with E-state index in [1.165, 1.54) is 11.1 Å². The molecule has 3 heteroatoms. The third kappa shape index (κ3) is 2.78. The zero-order valence-electron chi connectivity index (χ0n) is 8.98. The number of hydrogen-bond donors (Lipinski definition) is 1. The van der Waals surface area contributed by atoms with Crippen molar-refractivity contribution in [1.29, 1.82) is 0 Å². The van der Waals surface area contributed by atoms with Gasteiger partial charge in [-0.2, -0.15) is 0 Å². The van der Waals surface area contributed by atoms with Gasteiger partial charge in [-0.3, -0.25) is 0 Å². The Kier molecular flexibility index (Phi) is 3.36. The van der Waals surface area contributed by atoms with Crippen molar-refractivity contribution in [1.82, 2.24) is 0 Å². The molecule has 2 unspecified atom stereocenters. The first-order valence-corrected chi connectivity index (χ1v) is 5.30. The Balaban J connectivity index is 1.92. The molecule has 1 saturated heterocycles. The Hall–Kier alpha value is -0.900. The maximum atomic E-state index is 5.61. The van der Waals surface area contributed by atoms with Gasteiger partial charge in [-0.05, 0) is 12.5 Å². The molecule has 2 atom stereocenters. The van der Waals surface area contributed by atoms with E-state index in [0.29, 0.717) is 13.2 Å². The molecule has 15 heavy (non-hydrogen) atoms. The van der Waals surface area contributed by atoms with Crippen LogP contribution in [0.3, 0.4) is 0 Å². The van der Waals surface area contributed by atoms with Crippen LogP contribution in [0.4, 0.5) is 0 Å². The molecule has 0 bridgehead atoms. The molecule has 3 nitrogen and oxygen atoms in total. The Morgan fingerprint density at radius 2 is 2.33 bits per heavy atom. The first kappa shape index (κ1) is 10.6. The van der Waals surface area contributed by atoms with Gasteiger partial charge < -0.3 is 15.2 Å². The van der Waals surface area contributed by atoms with E-state index in [0.717, 1.165) is 6.42 Å². The zero-order valence-corrected chi connectivity index (χ0v) is 8.98. The molecule has 2 rings (SSSR count). The van der Waals surface area contributed by atoms with Crippen molar-refractivity contribution in [2.24, 2.45) is 5.73 Å². The van der Waals surface area contributed by atoms with Gasteiger partial charge in [0.05, 0.1) is 12.7 Å². The fourth-order valence-electron chi connectivity index (χ4n) is 1.77. The number of aryl methyl sites for hydroxylation is 1. The van der Waals surface area contributed by atoms with Crippen molar-refractivity contribution in [2.45, 2.75) is 25.7 Å². The predicted octanol–water partition coefficient (Wildman–Crippen LogP) is 1.24. The largest absolute Gasteiger partial charge is 0.350 e. The second kappa shape index (κ2) is 4.75. The first-order chi connectivity index (χ1) is 7.28. The number of ether oxygens (including phenoxy) is 2. The minimum Gasteiger partial charge on any atom is -0.350 e. The van der Waals surface area contributed by atoms with Gasteiger partial charge in [0.2, 0.25) is 0 Å². The summed E-state index contributed by atoms with van der Waals surface area (Å²) in [4.78, 5) is 0. The molecular formula is C12H17NO2. The Morgan fingerprint density at radius 3 is 3.00 bits per heavy atom. The summed E-state index contributed by atoms with van der Waals surface area (Å²) in [6.45, 7) is 3.24. The number of nitrogens with two attached hydrogens (primary N) is 1. The van der Waals surface area contributed by atoms with E-state index in [9.17, 15) is 0 Å². The molecule has 0 aliphatic carbocycles. The fourth-order valence-corrected chi connectivity index (χ4v) is 1.77. The lowest BCUT2D eigenvalue weighted by atomic mass is 10.1. The molecule has 0 spiro atoms. The highest BCUT2D eigenvalue weighted by molar-refractivity contribution is 5.22. The molecule has 82 valence electrons. The van der Waals surface area contributed by atoms with Crippen LogP contribution < -0.4 is 5.73 Å². The van der Waals surface area contributed by atoms with Crippen LogP contribution >= 0.6 is 0 Å². The standard InChI is InChI=1S/C12H17NO2/c1-9-3-2-4-10(5-9)6-12-14-8-11(7-13)15-12/h2-5,11-12H,6-8,13H2,1H3. The lowest BCUT2D eigenvalue weighted by molar-refractivity contribution is -0.0541. The van der Waals surface area contributed by atoms with Crippen LogP contribution in [0.25, 0.3) is 0 Å². The summed E-state index contributed by atoms with van der Waals surface area (Å²) < 4.78 is 11.1. The van der Waals surface area contributed by atoms with Crippen LogP contribution in [0.5, 0.6) is 0 Å². The van der Waals surface area contributed by atoms with Crippen LogP contribution in [0, 0.1) is 6.92 Å². The highest BCUT2D eigenvalue weighted by Gasteiger charge is 2.24. The molecule has 1 aromatic rings. The highest BCUT2D eigenvalue weighted by Crippen LogP contribution is 2.16. The fraction of sp³-hybridized carbons (Fsp3) is 0.500. The van der Waals surface area contributed by atoms with Crippen molar-refractivity contribution < 1.29 is 9.47 Å². The summed E-state index contributed by atoms with van der Waals surface area (Å²) >= 11 is 0. The topological polar surface area (TPSA) is 44.5 Å². The maximum Gasteiger partial charge on any atom is 0.162 e. The number of rotatable bonds is 3. The van der Waals surface area contributed by atoms with Crippen molar-refractivity contribution >= 4 is 0 Å². The van der Waals surface area contributed by atoms with Crippen LogP contribution in [-0.2, 0) is 15.9 Å². The van der Waals surface area contributed by atoms with Gasteiger partial charge in [0, 0.05) is 13.0 Å². The SMILES string of the molecule is Cc1cccc(CC2OCC(CN)O2)c1. The number of benzene rings is 1. The van der Waals surface area contributed by atoms with Gasteiger partial charge in [0.15, 0.2) is 6.29 Å². The third-order valence-electron chi connectivity index (χ3n) is 2.56. The third-order valence-corrected chi connectivity index (χ3v) is 2.56. The molecule has 1 aliphatic heterocycles. The van der Waals surface area contributed by atoms with E-state index >= 15 is 0 Å². The van der Waals surface area contributed by atoms with E-state index in [-0.39, 0.29) is 12.4 Å². The van der Waals surface area contributed by atoms with E-state index < -0.39 is 0 Å². The van der Waals surface area contributed by atoms with Gasteiger partial charge >= 0.3 is 0 Å². The lowest BCUT2D eigenvalue weighted by Gasteiger charge is -2.10. The first-order valence-electron chi connectivity index (χ1n) is 5.30. The van der Waals surface area contributed by atoms with Gasteiger partial charge in [0.25, 0.3) is 0 Å². The quantitative estimate of drug-likeness (QED) is 0.811. The molecule has 1 heterocycles. The summed E-state index contributed by atoms with van der Waals surface area (Å²) in [5.74, 6) is 0. The highest BCUT2D eigenvalue weighted by atomic mass is 16.7. The lowest BCUT2D eigenvalue weighted by Crippen LogP contribution is -2.23. The normalized spacial score (nSPS) is 25.7. The number of hydrogen-bond acceptors (Lipinski definition) is 3. The zero-order chi connectivity index (χ0) is 10.7.